The molecule has 0 saturated carbocycles. The molecule has 2 aromatic carbocycles. The molecule has 0 aliphatic rings. The summed E-state index contributed by atoms with van der Waals surface area (Å²) in [5, 5.41) is -0.360. The summed E-state index contributed by atoms with van der Waals surface area (Å²) < 4.78 is 89.2. The molecule has 0 aliphatic carbocycles. The van der Waals surface area contributed by atoms with E-state index in [4.69, 9.17) is 9.15 Å². The number of halogens is 6. The van der Waals surface area contributed by atoms with Gasteiger partial charge in [0.15, 0.2) is 12.4 Å². The molecule has 0 bridgehead atoms. The van der Waals surface area contributed by atoms with E-state index in [1.165, 1.54) is 0 Å². The highest BCUT2D eigenvalue weighted by atomic mass is 19.4. The van der Waals surface area contributed by atoms with Crippen LogP contribution in [-0.2, 0) is 6.18 Å². The van der Waals surface area contributed by atoms with Crippen molar-refractivity contribution in [2.24, 2.45) is 0 Å². The molecule has 0 radical (unpaired) electrons. The van der Waals surface area contributed by atoms with Crippen LogP contribution < -0.4 is 15.1 Å². The summed E-state index contributed by atoms with van der Waals surface area (Å²) in [5.41, 5.74) is -2.73. The van der Waals surface area contributed by atoms with Gasteiger partial charge >= 0.3 is 18.2 Å². The number of alkyl halides is 6. The zero-order chi connectivity index (χ0) is 22.1. The second kappa shape index (κ2) is 7.73. The fourth-order valence-corrected chi connectivity index (χ4v) is 2.54. The second-order valence-corrected chi connectivity index (χ2v) is 5.92. The number of fused-ring (bicyclic) bond motifs is 1. The summed E-state index contributed by atoms with van der Waals surface area (Å²) in [4.78, 5) is 23.5. The van der Waals surface area contributed by atoms with Gasteiger partial charge in [-0.3, -0.25) is 4.79 Å². The molecule has 0 atom stereocenters. The highest BCUT2D eigenvalue weighted by Gasteiger charge is 2.34. The van der Waals surface area contributed by atoms with Crippen molar-refractivity contribution in [3.63, 3.8) is 0 Å². The molecule has 0 saturated heterocycles. The topological polar surface area (TPSA) is 65.7 Å². The van der Waals surface area contributed by atoms with Gasteiger partial charge in [0, 0.05) is 23.1 Å². The number of carbonyl (C=O) groups is 1. The molecule has 11 heteroatoms. The third-order valence-corrected chi connectivity index (χ3v) is 3.80. The summed E-state index contributed by atoms with van der Waals surface area (Å²) in [6, 6.07) is 7.64. The van der Waals surface area contributed by atoms with Crippen molar-refractivity contribution in [1.82, 2.24) is 0 Å². The maximum absolute atomic E-state index is 13.0. The zero-order valence-corrected chi connectivity index (χ0v) is 14.6. The Morgan fingerprint density at radius 1 is 0.900 bits per heavy atom. The Bertz CT molecular complexity index is 1130. The molecule has 3 rings (SSSR count). The lowest BCUT2D eigenvalue weighted by Gasteiger charge is -2.11. The summed E-state index contributed by atoms with van der Waals surface area (Å²) in [5.74, 6) is -1.17. The smallest absolute Gasteiger partial charge is 0.485 e. The van der Waals surface area contributed by atoms with Crippen LogP contribution in [0.4, 0.5) is 26.3 Å². The van der Waals surface area contributed by atoms with E-state index in [0.717, 1.165) is 42.5 Å². The summed E-state index contributed by atoms with van der Waals surface area (Å²) in [6.07, 6.45) is -9.64. The van der Waals surface area contributed by atoms with Crippen LogP contribution in [0.3, 0.4) is 0 Å². The lowest BCUT2D eigenvalue weighted by Crippen LogP contribution is -2.17. The molecule has 0 N–H and O–H groups in total. The number of benzene rings is 2. The minimum atomic E-state index is -4.87. The van der Waals surface area contributed by atoms with Crippen LogP contribution in [0, 0.1) is 0 Å². The van der Waals surface area contributed by atoms with Crippen LogP contribution in [0.15, 0.2) is 57.7 Å². The second-order valence-electron chi connectivity index (χ2n) is 5.92. The van der Waals surface area contributed by atoms with E-state index in [9.17, 15) is 35.9 Å². The maximum Gasteiger partial charge on any atom is 0.573 e. The fraction of sp³-hybridized carbons (Fsp3) is 0.158. The minimum Gasteiger partial charge on any atom is -0.485 e. The Kier molecular flexibility index (Phi) is 5.47. The summed E-state index contributed by atoms with van der Waals surface area (Å²) >= 11 is 0. The maximum atomic E-state index is 13.0. The van der Waals surface area contributed by atoms with Crippen molar-refractivity contribution < 1.29 is 45.0 Å². The molecule has 0 spiro atoms. The van der Waals surface area contributed by atoms with E-state index in [1.807, 2.05) is 0 Å². The first-order valence-corrected chi connectivity index (χ1v) is 8.09. The lowest BCUT2D eigenvalue weighted by atomic mass is 10.1. The molecule has 1 heterocycles. The van der Waals surface area contributed by atoms with Crippen LogP contribution in [0.2, 0.25) is 0 Å². The van der Waals surface area contributed by atoms with E-state index in [1.54, 1.807) is 0 Å². The molecule has 30 heavy (non-hydrogen) atoms. The predicted octanol–water partition coefficient (Wildman–Crippen LogP) is 4.97. The summed E-state index contributed by atoms with van der Waals surface area (Å²) in [7, 11) is 0. The van der Waals surface area contributed by atoms with E-state index in [0.29, 0.717) is 6.07 Å². The molecule has 3 aromatic rings. The number of ether oxygens (including phenoxy) is 2. The van der Waals surface area contributed by atoms with Crippen LogP contribution in [-0.4, -0.2) is 18.8 Å². The normalized spacial score (nSPS) is 12.1. The molecule has 5 nitrogen and oxygen atoms in total. The van der Waals surface area contributed by atoms with E-state index >= 15 is 0 Å². The Balaban J connectivity index is 1.74. The third-order valence-electron chi connectivity index (χ3n) is 3.80. The van der Waals surface area contributed by atoms with Crippen molar-refractivity contribution in [2.75, 3.05) is 6.61 Å². The van der Waals surface area contributed by atoms with Gasteiger partial charge < -0.3 is 13.9 Å². The largest absolute Gasteiger partial charge is 0.573 e. The highest BCUT2D eigenvalue weighted by Crippen LogP contribution is 2.34. The van der Waals surface area contributed by atoms with Crippen LogP contribution in [0.1, 0.15) is 15.9 Å². The Labute approximate surface area is 163 Å². The monoisotopic (exact) mass is 432 g/mol. The average molecular weight is 432 g/mol. The first kappa shape index (κ1) is 21.2. The molecular weight excluding hydrogens is 422 g/mol. The number of hydrogen-bond donors (Lipinski definition) is 0. The highest BCUT2D eigenvalue weighted by molar-refractivity contribution is 5.97. The lowest BCUT2D eigenvalue weighted by molar-refractivity contribution is -0.274. The SMILES string of the molecule is O=C(COc1ccc2c(C(F)(F)F)cc(=O)oc2c1)c1ccc(OC(F)(F)F)cc1. The van der Waals surface area contributed by atoms with Gasteiger partial charge in [0.05, 0.1) is 5.56 Å². The molecule has 0 amide bonds. The van der Waals surface area contributed by atoms with Crippen molar-refractivity contribution in [3.05, 3.63) is 70.1 Å². The van der Waals surface area contributed by atoms with Gasteiger partial charge in [-0.25, -0.2) is 4.79 Å². The van der Waals surface area contributed by atoms with Crippen LogP contribution >= 0.6 is 0 Å². The molecule has 0 aliphatic heterocycles. The van der Waals surface area contributed by atoms with Gasteiger partial charge in [0.2, 0.25) is 0 Å². The minimum absolute atomic E-state index is 0.0243. The molecule has 0 unspecified atom stereocenters. The standard InChI is InChI=1S/C19H10F6O5/c20-18(21,22)14-8-17(27)29-16-7-12(5-6-13(14)16)28-9-15(26)10-1-3-11(4-2-10)30-19(23,24)25/h1-8H,9H2. The molecular formula is C19H10F6O5. The van der Waals surface area contributed by atoms with Crippen molar-refractivity contribution >= 4 is 16.8 Å². The van der Waals surface area contributed by atoms with Crippen molar-refractivity contribution in [2.45, 2.75) is 12.5 Å². The van der Waals surface area contributed by atoms with Gasteiger partial charge in [-0.05, 0) is 36.4 Å². The Hall–Kier alpha value is -3.50. The molecule has 158 valence electrons. The number of carbonyl (C=O) groups excluding carboxylic acids is 1. The predicted molar refractivity (Wildman–Crippen MR) is 90.4 cm³/mol. The van der Waals surface area contributed by atoms with Crippen molar-refractivity contribution in [1.29, 1.82) is 0 Å². The van der Waals surface area contributed by atoms with Gasteiger partial charge in [-0.1, -0.05) is 0 Å². The summed E-state index contributed by atoms with van der Waals surface area (Å²) in [6.45, 7) is -0.561. The van der Waals surface area contributed by atoms with E-state index < -0.39 is 41.9 Å². The number of ketones is 1. The number of hydrogen-bond acceptors (Lipinski definition) is 5. The first-order valence-electron chi connectivity index (χ1n) is 8.09. The fourth-order valence-electron chi connectivity index (χ4n) is 2.54. The van der Waals surface area contributed by atoms with E-state index in [-0.39, 0.29) is 22.3 Å². The van der Waals surface area contributed by atoms with Gasteiger partial charge in [-0.2, -0.15) is 13.2 Å². The number of Topliss-reactive ketones (excluding diaryl/α,β-unsaturated/α-hetero) is 1. The van der Waals surface area contributed by atoms with Crippen molar-refractivity contribution in [3.8, 4) is 11.5 Å². The van der Waals surface area contributed by atoms with Gasteiger partial charge in [0.25, 0.3) is 0 Å². The van der Waals surface area contributed by atoms with Gasteiger partial charge in [-0.15, -0.1) is 13.2 Å². The molecule has 0 fully saturated rings. The zero-order valence-electron chi connectivity index (χ0n) is 14.6. The first-order chi connectivity index (χ1) is 13.9. The van der Waals surface area contributed by atoms with Gasteiger partial charge in [0.1, 0.15) is 17.1 Å². The van der Waals surface area contributed by atoms with Crippen LogP contribution in [0.5, 0.6) is 11.5 Å². The Morgan fingerprint density at radius 3 is 2.13 bits per heavy atom. The van der Waals surface area contributed by atoms with E-state index in [2.05, 4.69) is 4.74 Å². The quantitative estimate of drug-likeness (QED) is 0.324. The number of rotatable bonds is 5. The average Bonchev–Trinajstić information content (AvgIpc) is 2.63. The third kappa shape index (κ3) is 5.10. The van der Waals surface area contributed by atoms with Crippen LogP contribution in [0.25, 0.3) is 11.0 Å². The Morgan fingerprint density at radius 2 is 1.53 bits per heavy atom. The molecule has 1 aromatic heterocycles.